The molecular formula is C20H30ClFN2O3. The molecule has 2 fully saturated rings. The van der Waals surface area contributed by atoms with Gasteiger partial charge in [-0.3, -0.25) is 9.80 Å². The second-order valence-corrected chi connectivity index (χ2v) is 7.87. The van der Waals surface area contributed by atoms with Crippen LogP contribution in [-0.2, 0) is 11.3 Å². The molecule has 7 heteroatoms. The zero-order valence-corrected chi connectivity index (χ0v) is 16.8. The summed E-state index contributed by atoms with van der Waals surface area (Å²) in [5, 5.41) is 9.60. The molecule has 0 bridgehead atoms. The molecule has 0 radical (unpaired) electrons. The van der Waals surface area contributed by atoms with E-state index in [4.69, 9.17) is 21.1 Å². The maximum Gasteiger partial charge on any atom is 0.173 e. The number of benzene rings is 1. The standard InChI is InChI=1S/C20H30ClFN2O3/c1-26-20-17(21)11-15(12-18(20)22)13-23-5-4-19(16(14-23)3-2-8-25)24-6-9-27-10-7-24/h11-12,16,19,25H,2-10,13-14H2,1H3/t16-,19+/m1/s1. The summed E-state index contributed by atoms with van der Waals surface area (Å²) in [6.07, 6.45) is 2.91. The molecule has 1 N–H and O–H groups in total. The molecule has 2 atom stereocenters. The average Bonchev–Trinajstić information content (AvgIpc) is 2.67. The van der Waals surface area contributed by atoms with Gasteiger partial charge in [0.1, 0.15) is 0 Å². The van der Waals surface area contributed by atoms with Gasteiger partial charge >= 0.3 is 0 Å². The van der Waals surface area contributed by atoms with Gasteiger partial charge in [0.15, 0.2) is 11.6 Å². The van der Waals surface area contributed by atoms with Crippen molar-refractivity contribution in [3.8, 4) is 5.75 Å². The lowest BCUT2D eigenvalue weighted by Gasteiger charge is -2.45. The van der Waals surface area contributed by atoms with Crippen molar-refractivity contribution in [3.63, 3.8) is 0 Å². The molecule has 27 heavy (non-hydrogen) atoms. The number of morpholine rings is 1. The van der Waals surface area contributed by atoms with Crippen molar-refractivity contribution in [2.24, 2.45) is 5.92 Å². The number of piperidine rings is 1. The Morgan fingerprint density at radius 1 is 1.30 bits per heavy atom. The SMILES string of the molecule is COc1c(F)cc(CN2CC[C@H](N3CCOCC3)[C@H](CCCO)C2)cc1Cl. The summed E-state index contributed by atoms with van der Waals surface area (Å²) in [6, 6.07) is 3.84. The van der Waals surface area contributed by atoms with Gasteiger partial charge in [-0.05, 0) is 49.4 Å². The summed E-state index contributed by atoms with van der Waals surface area (Å²) in [6.45, 7) is 6.40. The predicted molar refractivity (Wildman–Crippen MR) is 104 cm³/mol. The van der Waals surface area contributed by atoms with E-state index in [1.807, 2.05) is 0 Å². The van der Waals surface area contributed by atoms with Crippen molar-refractivity contribution in [2.45, 2.75) is 31.8 Å². The minimum Gasteiger partial charge on any atom is -0.492 e. The number of likely N-dealkylation sites (tertiary alicyclic amines) is 1. The average molecular weight is 401 g/mol. The number of nitrogens with zero attached hydrogens (tertiary/aromatic N) is 2. The fourth-order valence-corrected chi connectivity index (χ4v) is 4.73. The topological polar surface area (TPSA) is 45.2 Å². The second kappa shape index (κ2) is 10.0. The minimum absolute atomic E-state index is 0.104. The molecule has 2 heterocycles. The molecule has 3 rings (SSSR count). The van der Waals surface area contributed by atoms with Crippen LogP contribution < -0.4 is 4.74 Å². The Bertz CT molecular complexity index is 590. The molecule has 0 spiro atoms. The number of halogens is 2. The zero-order valence-electron chi connectivity index (χ0n) is 16.0. The highest BCUT2D eigenvalue weighted by atomic mass is 35.5. The summed E-state index contributed by atoms with van der Waals surface area (Å²) >= 11 is 6.14. The Labute approximate surface area is 166 Å². The molecule has 0 aliphatic carbocycles. The summed E-state index contributed by atoms with van der Waals surface area (Å²) in [5.74, 6) is 0.190. The van der Waals surface area contributed by atoms with E-state index < -0.39 is 5.82 Å². The van der Waals surface area contributed by atoms with Crippen LogP contribution in [0, 0.1) is 11.7 Å². The number of hydrogen-bond donors (Lipinski definition) is 1. The molecule has 2 aliphatic heterocycles. The largest absolute Gasteiger partial charge is 0.492 e. The quantitative estimate of drug-likeness (QED) is 0.762. The van der Waals surface area contributed by atoms with Crippen molar-refractivity contribution in [3.05, 3.63) is 28.5 Å². The third-order valence-corrected chi connectivity index (χ3v) is 5.97. The summed E-state index contributed by atoms with van der Waals surface area (Å²) in [5.41, 5.74) is 0.865. The van der Waals surface area contributed by atoms with Gasteiger partial charge < -0.3 is 14.6 Å². The molecule has 0 unspecified atom stereocenters. The number of methoxy groups -OCH3 is 1. The van der Waals surface area contributed by atoms with E-state index in [9.17, 15) is 9.50 Å². The second-order valence-electron chi connectivity index (χ2n) is 7.46. The molecule has 152 valence electrons. The molecule has 0 saturated carbocycles. The van der Waals surface area contributed by atoms with Crippen LogP contribution in [0.1, 0.15) is 24.8 Å². The number of aliphatic hydroxyl groups is 1. The Morgan fingerprint density at radius 3 is 2.74 bits per heavy atom. The van der Waals surface area contributed by atoms with Gasteiger partial charge in [-0.2, -0.15) is 0 Å². The van der Waals surface area contributed by atoms with Gasteiger partial charge in [0, 0.05) is 38.8 Å². The highest BCUT2D eigenvalue weighted by Gasteiger charge is 2.33. The van der Waals surface area contributed by atoms with Crippen LogP contribution in [0.15, 0.2) is 12.1 Å². The molecule has 0 aromatic heterocycles. The molecular weight excluding hydrogens is 371 g/mol. The normalized spacial score (nSPS) is 24.9. The van der Waals surface area contributed by atoms with E-state index in [1.165, 1.54) is 13.2 Å². The third kappa shape index (κ3) is 5.33. The Morgan fingerprint density at radius 2 is 2.07 bits per heavy atom. The Kier molecular flexibility index (Phi) is 7.73. The lowest BCUT2D eigenvalue weighted by Crippen LogP contribution is -2.53. The molecule has 5 nitrogen and oxygen atoms in total. The lowest BCUT2D eigenvalue weighted by atomic mass is 9.86. The van der Waals surface area contributed by atoms with E-state index in [0.29, 0.717) is 23.5 Å². The van der Waals surface area contributed by atoms with E-state index >= 15 is 0 Å². The summed E-state index contributed by atoms with van der Waals surface area (Å²) in [7, 11) is 1.42. The van der Waals surface area contributed by atoms with Gasteiger partial charge in [0.25, 0.3) is 0 Å². The fourth-order valence-electron chi connectivity index (χ4n) is 4.42. The lowest BCUT2D eigenvalue weighted by molar-refractivity contribution is -0.0231. The summed E-state index contributed by atoms with van der Waals surface area (Å²) < 4.78 is 24.6. The zero-order chi connectivity index (χ0) is 19.2. The predicted octanol–water partition coefficient (Wildman–Crippen LogP) is 2.78. The first kappa shape index (κ1) is 20.8. The van der Waals surface area contributed by atoms with Gasteiger partial charge in [-0.25, -0.2) is 4.39 Å². The Balaban J connectivity index is 1.66. The molecule has 1 aromatic rings. The van der Waals surface area contributed by atoms with Gasteiger partial charge in [-0.1, -0.05) is 11.6 Å². The van der Waals surface area contributed by atoms with Crippen molar-refractivity contribution in [1.29, 1.82) is 0 Å². The smallest absolute Gasteiger partial charge is 0.173 e. The Hall–Kier alpha value is -0.920. The van der Waals surface area contributed by atoms with Crippen molar-refractivity contribution in [1.82, 2.24) is 9.80 Å². The number of aliphatic hydroxyl groups excluding tert-OH is 1. The number of rotatable bonds is 7. The van der Waals surface area contributed by atoms with Crippen LogP contribution in [0.5, 0.6) is 5.75 Å². The first-order chi connectivity index (χ1) is 13.1. The van der Waals surface area contributed by atoms with E-state index in [-0.39, 0.29) is 12.4 Å². The third-order valence-electron chi connectivity index (χ3n) is 5.69. The van der Waals surface area contributed by atoms with Crippen LogP contribution in [0.2, 0.25) is 5.02 Å². The highest BCUT2D eigenvalue weighted by Crippen LogP contribution is 2.31. The first-order valence-electron chi connectivity index (χ1n) is 9.79. The van der Waals surface area contributed by atoms with Gasteiger partial charge in [0.05, 0.1) is 25.3 Å². The van der Waals surface area contributed by atoms with Crippen molar-refractivity contribution >= 4 is 11.6 Å². The highest BCUT2D eigenvalue weighted by molar-refractivity contribution is 6.32. The monoisotopic (exact) mass is 400 g/mol. The van der Waals surface area contributed by atoms with E-state index in [0.717, 1.165) is 64.2 Å². The van der Waals surface area contributed by atoms with Crippen LogP contribution in [0.4, 0.5) is 4.39 Å². The molecule has 2 aliphatic rings. The van der Waals surface area contributed by atoms with E-state index in [1.54, 1.807) is 6.07 Å². The van der Waals surface area contributed by atoms with Crippen molar-refractivity contribution in [2.75, 3.05) is 53.1 Å². The number of hydrogen-bond acceptors (Lipinski definition) is 5. The van der Waals surface area contributed by atoms with E-state index in [2.05, 4.69) is 9.80 Å². The molecule has 0 amide bonds. The van der Waals surface area contributed by atoms with Crippen LogP contribution in [-0.4, -0.2) is 74.1 Å². The summed E-state index contributed by atoms with van der Waals surface area (Å²) in [4.78, 5) is 4.92. The maximum absolute atomic E-state index is 14.1. The van der Waals surface area contributed by atoms with Gasteiger partial charge in [-0.15, -0.1) is 0 Å². The number of ether oxygens (including phenoxy) is 2. The molecule has 2 saturated heterocycles. The maximum atomic E-state index is 14.1. The molecule has 1 aromatic carbocycles. The first-order valence-corrected chi connectivity index (χ1v) is 10.2. The van der Waals surface area contributed by atoms with Gasteiger partial charge in [0.2, 0.25) is 0 Å². The van der Waals surface area contributed by atoms with Crippen LogP contribution in [0.3, 0.4) is 0 Å². The minimum atomic E-state index is -0.417. The fraction of sp³-hybridized carbons (Fsp3) is 0.700. The van der Waals surface area contributed by atoms with Crippen LogP contribution in [0.25, 0.3) is 0 Å². The van der Waals surface area contributed by atoms with Crippen molar-refractivity contribution < 1.29 is 19.0 Å². The van der Waals surface area contributed by atoms with Crippen LogP contribution >= 0.6 is 11.6 Å².